The molecule has 2 aliphatic heterocycles. The molecule has 4 atom stereocenters. The van der Waals surface area contributed by atoms with Crippen LogP contribution < -0.4 is 15.4 Å². The first-order valence-electron chi connectivity index (χ1n) is 13.2. The summed E-state index contributed by atoms with van der Waals surface area (Å²) in [6.45, 7) is 4.49. The maximum Gasteiger partial charge on any atom is 0.323 e. The minimum Gasteiger partial charge on any atom is -0.480 e. The van der Waals surface area contributed by atoms with Gasteiger partial charge in [-0.2, -0.15) is 0 Å². The Bertz CT molecular complexity index is 1430. The first-order valence-corrected chi connectivity index (χ1v) is 15.1. The topological polar surface area (TPSA) is 179 Å². The van der Waals surface area contributed by atoms with Crippen LogP contribution >= 0.6 is 0 Å². The van der Waals surface area contributed by atoms with Gasteiger partial charge in [-0.05, 0) is 43.0 Å². The number of nitrogens with zero attached hydrogens (tertiary/aromatic N) is 3. The molecule has 4 N–H and O–H groups in total. The normalized spacial score (nSPS) is 21.1. The number of pyridine rings is 1. The van der Waals surface area contributed by atoms with Gasteiger partial charge < -0.3 is 25.4 Å². The number of aromatic nitrogens is 1. The molecule has 3 heterocycles. The van der Waals surface area contributed by atoms with Crippen molar-refractivity contribution in [2.24, 2.45) is 10.9 Å². The third-order valence-corrected chi connectivity index (χ3v) is 7.69. The lowest BCUT2D eigenvalue weighted by Gasteiger charge is -2.26. The van der Waals surface area contributed by atoms with Crippen molar-refractivity contribution < 1.29 is 32.6 Å². The van der Waals surface area contributed by atoms with Crippen molar-refractivity contribution in [2.45, 2.75) is 51.2 Å². The smallest absolute Gasteiger partial charge is 0.323 e. The van der Waals surface area contributed by atoms with Crippen LogP contribution in [0.1, 0.15) is 31.0 Å². The molecule has 1 fully saturated rings. The second-order valence-corrected chi connectivity index (χ2v) is 12.1. The van der Waals surface area contributed by atoms with Crippen LogP contribution in [0.15, 0.2) is 47.6 Å². The van der Waals surface area contributed by atoms with Crippen molar-refractivity contribution in [3.63, 3.8) is 0 Å². The van der Waals surface area contributed by atoms with Crippen LogP contribution in [0.25, 0.3) is 0 Å². The SMILES string of the molecule is Cc1ccccc1NC(=O)Nc1ccc(CC(=O)N2CCC(C)C2C2=NC(CC(NS(C)(=O)=O)C(=O)O)CO2)nc1. The van der Waals surface area contributed by atoms with Gasteiger partial charge in [-0.1, -0.05) is 25.1 Å². The standard InChI is InChI=1S/C27H34N6O7S/c1-16-6-4-5-7-21(16)31-27(37)30-19-9-8-18(28-14-19)13-23(34)33-11-10-17(2)24(33)25-29-20(15-40-25)12-22(26(35)36)32-41(3,38)39/h4-9,14,17,20,22,24,32H,10-13,15H2,1-3H3,(H,35,36)(H2,30,31,37). The van der Waals surface area contributed by atoms with E-state index in [0.29, 0.717) is 29.5 Å². The van der Waals surface area contributed by atoms with Gasteiger partial charge in [-0.25, -0.2) is 22.9 Å². The van der Waals surface area contributed by atoms with E-state index in [2.05, 4.69) is 25.3 Å². The fraction of sp³-hybridized carbons (Fsp3) is 0.444. The lowest BCUT2D eigenvalue weighted by atomic mass is 10.0. The molecule has 0 aliphatic carbocycles. The number of ether oxygens (including phenoxy) is 1. The Labute approximate surface area is 238 Å². The molecule has 220 valence electrons. The van der Waals surface area contributed by atoms with Crippen molar-refractivity contribution in [1.29, 1.82) is 0 Å². The number of hydrogen-bond donors (Lipinski definition) is 4. The number of aliphatic imine (C=N–C) groups is 1. The number of hydrogen-bond acceptors (Lipinski definition) is 8. The summed E-state index contributed by atoms with van der Waals surface area (Å²) in [7, 11) is -3.72. The number of carbonyl (C=O) groups excluding carboxylic acids is 2. The summed E-state index contributed by atoms with van der Waals surface area (Å²) in [4.78, 5) is 47.7. The fourth-order valence-electron chi connectivity index (χ4n) is 4.91. The number of rotatable bonds is 10. The molecule has 0 saturated carbocycles. The molecule has 41 heavy (non-hydrogen) atoms. The van der Waals surface area contributed by atoms with Crippen molar-refractivity contribution in [2.75, 3.05) is 30.0 Å². The van der Waals surface area contributed by atoms with E-state index >= 15 is 0 Å². The monoisotopic (exact) mass is 586 g/mol. The highest BCUT2D eigenvalue weighted by Crippen LogP contribution is 2.29. The van der Waals surface area contributed by atoms with Crippen LogP contribution in [0, 0.1) is 12.8 Å². The molecule has 4 rings (SSSR count). The first kappa shape index (κ1) is 29.9. The van der Waals surface area contributed by atoms with Crippen LogP contribution in [0.5, 0.6) is 0 Å². The summed E-state index contributed by atoms with van der Waals surface area (Å²) in [5.41, 5.74) is 2.64. The molecule has 4 unspecified atom stereocenters. The fourth-order valence-corrected chi connectivity index (χ4v) is 5.62. The molecule has 2 aromatic rings. The molecule has 14 heteroatoms. The van der Waals surface area contributed by atoms with E-state index in [1.54, 1.807) is 23.1 Å². The summed E-state index contributed by atoms with van der Waals surface area (Å²) < 4.78 is 31.0. The van der Waals surface area contributed by atoms with E-state index in [-0.39, 0.29) is 31.3 Å². The van der Waals surface area contributed by atoms with Crippen LogP contribution in [0.4, 0.5) is 16.2 Å². The van der Waals surface area contributed by atoms with Crippen molar-refractivity contribution in [3.05, 3.63) is 53.9 Å². The van der Waals surface area contributed by atoms with Crippen LogP contribution in [0.2, 0.25) is 0 Å². The van der Waals surface area contributed by atoms with Gasteiger partial charge in [0, 0.05) is 24.3 Å². The number of carboxylic acid groups (broad SMARTS) is 1. The number of aliphatic carboxylic acids is 1. The minimum absolute atomic E-state index is 0.0367. The predicted molar refractivity (Wildman–Crippen MR) is 152 cm³/mol. The summed E-state index contributed by atoms with van der Waals surface area (Å²) in [6, 6.07) is 8.06. The summed E-state index contributed by atoms with van der Waals surface area (Å²) in [5.74, 6) is -1.05. The maximum absolute atomic E-state index is 13.3. The Morgan fingerprint density at radius 1 is 1.17 bits per heavy atom. The van der Waals surface area contributed by atoms with Crippen LogP contribution in [-0.2, 0) is 30.8 Å². The zero-order chi connectivity index (χ0) is 29.7. The Morgan fingerprint density at radius 2 is 1.93 bits per heavy atom. The van der Waals surface area contributed by atoms with E-state index in [1.165, 1.54) is 6.20 Å². The first-order chi connectivity index (χ1) is 19.4. The number of carboxylic acids is 1. The zero-order valence-corrected chi connectivity index (χ0v) is 23.8. The molecule has 13 nitrogen and oxygen atoms in total. The Morgan fingerprint density at radius 3 is 2.59 bits per heavy atom. The molecule has 2 aliphatic rings. The van der Waals surface area contributed by atoms with Crippen LogP contribution in [0.3, 0.4) is 0 Å². The van der Waals surface area contributed by atoms with Crippen molar-refractivity contribution in [1.82, 2.24) is 14.6 Å². The Kier molecular flexibility index (Phi) is 9.23. The van der Waals surface area contributed by atoms with E-state index in [4.69, 9.17) is 4.74 Å². The molecule has 1 aromatic heterocycles. The van der Waals surface area contributed by atoms with Gasteiger partial charge in [0.15, 0.2) is 0 Å². The Balaban J connectivity index is 1.35. The highest BCUT2D eigenvalue weighted by atomic mass is 32.2. The number of amides is 3. The average Bonchev–Trinajstić information content (AvgIpc) is 3.51. The number of aryl methyl sites for hydroxylation is 1. The van der Waals surface area contributed by atoms with E-state index in [1.807, 2.05) is 32.0 Å². The number of carbonyl (C=O) groups is 3. The molecule has 0 radical (unpaired) electrons. The molecule has 0 spiro atoms. The molecule has 1 saturated heterocycles. The van der Waals surface area contributed by atoms with Gasteiger partial charge in [0.2, 0.25) is 21.8 Å². The predicted octanol–water partition coefficient (Wildman–Crippen LogP) is 2.00. The number of nitrogens with one attached hydrogen (secondary N) is 3. The second-order valence-electron chi connectivity index (χ2n) is 10.4. The average molecular weight is 587 g/mol. The van der Waals surface area contributed by atoms with Crippen molar-refractivity contribution in [3.8, 4) is 0 Å². The highest BCUT2D eigenvalue weighted by Gasteiger charge is 2.41. The number of urea groups is 1. The van der Waals surface area contributed by atoms with E-state index in [9.17, 15) is 27.9 Å². The maximum atomic E-state index is 13.3. The lowest BCUT2D eigenvalue weighted by molar-refractivity contribution is -0.139. The second kappa shape index (κ2) is 12.6. The number of para-hydroxylation sites is 1. The van der Waals surface area contributed by atoms with Gasteiger partial charge in [0.05, 0.1) is 30.6 Å². The molecule has 0 bridgehead atoms. The molecular formula is C27H34N6O7S. The number of sulfonamides is 1. The zero-order valence-electron chi connectivity index (χ0n) is 23.0. The Hall–Kier alpha value is -4.04. The van der Waals surface area contributed by atoms with E-state index < -0.39 is 40.1 Å². The molecule has 1 aromatic carbocycles. The third kappa shape index (κ3) is 8.01. The van der Waals surface area contributed by atoms with Crippen LogP contribution in [-0.4, -0.2) is 84.7 Å². The van der Waals surface area contributed by atoms with Gasteiger partial charge in [0.1, 0.15) is 18.7 Å². The number of benzene rings is 1. The summed E-state index contributed by atoms with van der Waals surface area (Å²) >= 11 is 0. The van der Waals surface area contributed by atoms with Gasteiger partial charge >= 0.3 is 12.0 Å². The molecule has 3 amide bonds. The highest BCUT2D eigenvalue weighted by molar-refractivity contribution is 7.88. The largest absolute Gasteiger partial charge is 0.480 e. The van der Waals surface area contributed by atoms with E-state index in [0.717, 1.165) is 18.2 Å². The van der Waals surface area contributed by atoms with Gasteiger partial charge in [-0.3, -0.25) is 14.6 Å². The number of likely N-dealkylation sites (tertiary alicyclic amines) is 1. The van der Waals surface area contributed by atoms with Gasteiger partial charge in [-0.15, -0.1) is 0 Å². The lowest BCUT2D eigenvalue weighted by Crippen LogP contribution is -2.43. The quantitative estimate of drug-likeness (QED) is 0.326. The summed E-state index contributed by atoms with van der Waals surface area (Å²) in [5, 5.41) is 14.9. The minimum atomic E-state index is -3.72. The van der Waals surface area contributed by atoms with Crippen molar-refractivity contribution >= 4 is 45.2 Å². The molecular weight excluding hydrogens is 552 g/mol. The summed E-state index contributed by atoms with van der Waals surface area (Å²) in [6.07, 6.45) is 3.09. The third-order valence-electron chi connectivity index (χ3n) is 6.98. The van der Waals surface area contributed by atoms with Gasteiger partial charge in [0.25, 0.3) is 0 Å². The number of anilines is 2.